The van der Waals surface area contributed by atoms with Gasteiger partial charge in [-0.3, -0.25) is 0 Å². The highest BCUT2D eigenvalue weighted by atomic mass is 32.3. The summed E-state index contributed by atoms with van der Waals surface area (Å²) in [5, 5.41) is 0. The molecule has 0 saturated heterocycles. The van der Waals surface area contributed by atoms with Crippen LogP contribution in [0, 0.1) is 0 Å². The van der Waals surface area contributed by atoms with Gasteiger partial charge >= 0.3 is 0 Å². The van der Waals surface area contributed by atoms with Crippen molar-refractivity contribution in [2.75, 3.05) is 39.2 Å². The Morgan fingerprint density at radius 1 is 0.400 bits per heavy atom. The number of thioether (sulfide) groups is 16. The number of thiophene rings is 1. The van der Waals surface area contributed by atoms with Gasteiger partial charge in [0.25, 0.3) is 0 Å². The molecule has 0 aliphatic carbocycles. The molecule has 7 heterocycles. The van der Waals surface area contributed by atoms with E-state index in [2.05, 4.69) is 37.2 Å². The van der Waals surface area contributed by atoms with Crippen molar-refractivity contribution in [2.45, 2.75) is 0 Å². The highest BCUT2D eigenvalue weighted by Gasteiger charge is 2.36. The van der Waals surface area contributed by atoms with Crippen molar-refractivity contribution in [1.29, 1.82) is 0 Å². The fourth-order valence-corrected chi connectivity index (χ4v) is 28.4. The quantitative estimate of drug-likeness (QED) is 0.246. The van der Waals surface area contributed by atoms with Gasteiger partial charge < -0.3 is 9.47 Å². The summed E-state index contributed by atoms with van der Waals surface area (Å²) in [5.74, 6) is 1.64. The summed E-state index contributed by atoms with van der Waals surface area (Å²) in [7, 11) is 3.49. The first-order valence-corrected chi connectivity index (χ1v) is 27.9. The first kappa shape index (κ1) is 36.2. The number of rotatable bonds is 8. The molecule has 0 atom stereocenters. The van der Waals surface area contributed by atoms with Crippen LogP contribution in [-0.2, 0) is 0 Å². The lowest BCUT2D eigenvalue weighted by Crippen LogP contribution is -1.89. The van der Waals surface area contributed by atoms with Gasteiger partial charge in [0.2, 0.25) is 0 Å². The standard InChI is InChI=1S/C26H20O2S17/c1-27-13-9(7-11-34-19-20(35-11)43-25(42-19)23-38-15(29-3)16(30-4)39-23)33-10(14(13)28-2)8-12-36-21-22(37-12)45-26(44-21)24-40-17(31-5)18(32-6)41-24/h7-8H,1-6H3. The predicted octanol–water partition coefficient (Wildman–Crippen LogP) is 15.5. The molecule has 0 amide bonds. The Labute approximate surface area is 336 Å². The SMILES string of the molecule is COc1c(C=C2SC3=C(S2)SC(=C2SC(SC)=C(SC)S2)S3)sc(C=C2SC3=C(S2)SC(=C2SC(SC)=C(SC)S2)S3)c1OC. The zero-order valence-electron chi connectivity index (χ0n) is 23.9. The van der Waals surface area contributed by atoms with Crippen LogP contribution in [0.1, 0.15) is 9.75 Å². The third kappa shape index (κ3) is 7.66. The fraction of sp³-hybridized carbons (Fsp3) is 0.231. The van der Waals surface area contributed by atoms with E-state index in [0.717, 1.165) is 21.3 Å². The van der Waals surface area contributed by atoms with Gasteiger partial charge in [-0.05, 0) is 37.2 Å². The molecule has 2 nitrogen and oxygen atoms in total. The van der Waals surface area contributed by atoms with Crippen LogP contribution >= 0.6 is 200 Å². The Balaban J connectivity index is 1.03. The maximum Gasteiger partial charge on any atom is 0.179 e. The first-order valence-electron chi connectivity index (χ1n) is 12.4. The van der Waals surface area contributed by atoms with Crippen LogP contribution in [-0.4, -0.2) is 39.2 Å². The van der Waals surface area contributed by atoms with Crippen LogP contribution in [0.15, 0.2) is 59.3 Å². The molecule has 0 aromatic carbocycles. The number of ether oxygens (including phenoxy) is 2. The lowest BCUT2D eigenvalue weighted by atomic mass is 10.3. The van der Waals surface area contributed by atoms with Gasteiger partial charge in [-0.2, -0.15) is 0 Å². The van der Waals surface area contributed by atoms with Crippen molar-refractivity contribution in [1.82, 2.24) is 0 Å². The van der Waals surface area contributed by atoms with Gasteiger partial charge in [-0.25, -0.2) is 0 Å². The molecule has 0 bridgehead atoms. The lowest BCUT2D eigenvalue weighted by Gasteiger charge is -2.06. The van der Waals surface area contributed by atoms with Gasteiger partial charge in [0.1, 0.15) is 0 Å². The summed E-state index contributed by atoms with van der Waals surface area (Å²) in [6.45, 7) is 0. The van der Waals surface area contributed by atoms with Crippen molar-refractivity contribution in [3.63, 3.8) is 0 Å². The Morgan fingerprint density at radius 2 is 0.667 bits per heavy atom. The maximum absolute atomic E-state index is 5.92. The highest BCUT2D eigenvalue weighted by Crippen LogP contribution is 2.72. The number of methoxy groups -OCH3 is 2. The molecular formula is C26H20O2S17. The van der Waals surface area contributed by atoms with Crippen molar-refractivity contribution < 1.29 is 9.47 Å². The molecule has 0 spiro atoms. The maximum atomic E-state index is 5.92. The van der Waals surface area contributed by atoms with E-state index in [1.807, 2.05) is 188 Å². The summed E-state index contributed by atoms with van der Waals surface area (Å²) in [6.07, 6.45) is 13.3. The van der Waals surface area contributed by atoms with Crippen LogP contribution < -0.4 is 9.47 Å². The fourth-order valence-electron chi connectivity index (χ4n) is 3.92. The zero-order valence-corrected chi connectivity index (χ0v) is 37.8. The molecule has 6 aliphatic heterocycles. The van der Waals surface area contributed by atoms with Crippen LogP contribution in [0.2, 0.25) is 0 Å². The van der Waals surface area contributed by atoms with E-state index in [4.69, 9.17) is 9.47 Å². The minimum absolute atomic E-state index is 0.818. The molecule has 238 valence electrons. The third-order valence-electron chi connectivity index (χ3n) is 5.78. The first-order chi connectivity index (χ1) is 21.9. The summed E-state index contributed by atoms with van der Waals surface area (Å²) >= 11 is 32.1. The summed E-state index contributed by atoms with van der Waals surface area (Å²) < 4.78 is 31.4. The number of hydrogen-bond acceptors (Lipinski definition) is 19. The van der Waals surface area contributed by atoms with Crippen molar-refractivity contribution in [2.24, 2.45) is 0 Å². The highest BCUT2D eigenvalue weighted by molar-refractivity contribution is 8.51. The second kappa shape index (κ2) is 16.2. The molecule has 0 N–H and O–H groups in total. The molecule has 19 heteroatoms. The molecule has 0 unspecified atom stereocenters. The minimum Gasteiger partial charge on any atom is -0.491 e. The van der Waals surface area contributed by atoms with E-state index in [-0.39, 0.29) is 0 Å². The van der Waals surface area contributed by atoms with Crippen molar-refractivity contribution in [3.05, 3.63) is 69.1 Å². The molecular weight excluding hydrogens is 889 g/mol. The second-order valence-corrected chi connectivity index (χ2v) is 28.7. The van der Waals surface area contributed by atoms with E-state index in [1.165, 1.54) is 59.3 Å². The molecule has 45 heavy (non-hydrogen) atoms. The summed E-state index contributed by atoms with van der Waals surface area (Å²) in [4.78, 5) is 2.21. The van der Waals surface area contributed by atoms with Gasteiger partial charge in [0.05, 0.1) is 83.3 Å². The molecule has 6 aliphatic rings. The Bertz CT molecular complexity index is 1520. The van der Waals surface area contributed by atoms with E-state index in [1.54, 1.807) is 25.6 Å². The van der Waals surface area contributed by atoms with E-state index in [9.17, 15) is 0 Å². The lowest BCUT2D eigenvalue weighted by molar-refractivity contribution is 0.357. The Hall–Kier alpha value is 2.82. The van der Waals surface area contributed by atoms with Gasteiger partial charge in [0.15, 0.2) is 11.5 Å². The number of hydrogen-bond donors (Lipinski definition) is 0. The van der Waals surface area contributed by atoms with Crippen molar-refractivity contribution in [3.8, 4) is 11.5 Å². The smallest absolute Gasteiger partial charge is 0.179 e. The molecule has 0 radical (unpaired) electrons. The van der Waals surface area contributed by atoms with Crippen molar-refractivity contribution >= 4 is 212 Å². The van der Waals surface area contributed by atoms with Gasteiger partial charge in [-0.1, -0.05) is 141 Å². The van der Waals surface area contributed by atoms with E-state index >= 15 is 0 Å². The molecule has 1 aromatic rings. The van der Waals surface area contributed by atoms with Gasteiger partial charge in [0, 0.05) is 0 Å². The minimum atomic E-state index is 0.818. The third-order valence-corrected chi connectivity index (χ3v) is 29.3. The van der Waals surface area contributed by atoms with E-state index in [0.29, 0.717) is 0 Å². The van der Waals surface area contributed by atoms with Crippen LogP contribution in [0.25, 0.3) is 12.2 Å². The normalized spacial score (nSPS) is 21.6. The molecule has 1 aromatic heterocycles. The topological polar surface area (TPSA) is 18.5 Å². The Morgan fingerprint density at radius 3 is 0.933 bits per heavy atom. The van der Waals surface area contributed by atoms with Crippen LogP contribution in [0.5, 0.6) is 11.5 Å². The average molecular weight is 910 g/mol. The molecule has 0 fully saturated rings. The zero-order chi connectivity index (χ0) is 31.2. The average Bonchev–Trinajstić information content (AvgIpc) is 3.87. The monoisotopic (exact) mass is 908 g/mol. The molecule has 7 rings (SSSR count). The van der Waals surface area contributed by atoms with E-state index < -0.39 is 0 Å². The largest absolute Gasteiger partial charge is 0.491 e. The van der Waals surface area contributed by atoms with Gasteiger partial charge in [-0.15, -0.1) is 58.4 Å². The summed E-state index contributed by atoms with van der Waals surface area (Å²) in [6, 6.07) is 0. The summed E-state index contributed by atoms with van der Waals surface area (Å²) in [5.41, 5.74) is 0. The van der Waals surface area contributed by atoms with Crippen LogP contribution in [0.3, 0.4) is 0 Å². The van der Waals surface area contributed by atoms with Crippen LogP contribution in [0.4, 0.5) is 0 Å². The second-order valence-electron chi connectivity index (χ2n) is 8.31. The Kier molecular flexibility index (Phi) is 13.1. The molecule has 0 saturated carbocycles. The predicted molar refractivity (Wildman–Crippen MR) is 241 cm³/mol.